The molecule has 1 atom stereocenters. The van der Waals surface area contributed by atoms with Gasteiger partial charge in [0.05, 0.1) is 10.6 Å². The number of carbonyl (C=O) groups is 3. The highest BCUT2D eigenvalue weighted by Crippen LogP contribution is 2.15. The lowest BCUT2D eigenvalue weighted by atomic mass is 10.1. The summed E-state index contributed by atoms with van der Waals surface area (Å²) in [4.78, 5) is 38.3. The van der Waals surface area contributed by atoms with Crippen LogP contribution in [0.5, 0.6) is 0 Å². The minimum absolute atomic E-state index is 0.260. The van der Waals surface area contributed by atoms with Crippen LogP contribution in [-0.2, 0) is 14.3 Å². The summed E-state index contributed by atoms with van der Waals surface area (Å²) in [5, 5.41) is 2.96. The Bertz CT molecular complexity index is 623. The Morgan fingerprint density at radius 1 is 1.23 bits per heavy atom. The SMILES string of the molecule is CCN(CC)C(=O)COC(=O)C(CCSC)NC(=O)c1ccccc1Cl. The predicted octanol–water partition coefficient (Wildman–Crippen LogP) is 2.60. The summed E-state index contributed by atoms with van der Waals surface area (Å²) in [6, 6.07) is 5.76. The Kier molecular flexibility index (Phi) is 10.1. The predicted molar refractivity (Wildman–Crippen MR) is 105 cm³/mol. The van der Waals surface area contributed by atoms with Crippen molar-refractivity contribution in [3.8, 4) is 0 Å². The van der Waals surface area contributed by atoms with Crippen LogP contribution >= 0.6 is 23.4 Å². The number of carbonyl (C=O) groups excluding carboxylic acids is 3. The molecule has 0 radical (unpaired) electrons. The van der Waals surface area contributed by atoms with Crippen LogP contribution < -0.4 is 5.32 Å². The standard InChI is InChI=1S/C18H25ClN2O4S/c1-4-21(5-2)16(22)12-25-18(24)15(10-11-26-3)20-17(23)13-8-6-7-9-14(13)19/h6-9,15H,4-5,10-12H2,1-3H3,(H,20,23). The third-order valence-electron chi connectivity index (χ3n) is 3.77. The van der Waals surface area contributed by atoms with Gasteiger partial charge in [-0.15, -0.1) is 0 Å². The van der Waals surface area contributed by atoms with Gasteiger partial charge in [0.25, 0.3) is 11.8 Å². The van der Waals surface area contributed by atoms with Gasteiger partial charge >= 0.3 is 5.97 Å². The first-order valence-corrected chi connectivity index (χ1v) is 10.2. The van der Waals surface area contributed by atoms with Gasteiger partial charge in [-0.05, 0) is 44.4 Å². The summed E-state index contributed by atoms with van der Waals surface area (Å²) < 4.78 is 5.13. The van der Waals surface area contributed by atoms with E-state index < -0.39 is 17.9 Å². The summed E-state index contributed by atoms with van der Waals surface area (Å²) in [7, 11) is 0. The maximum atomic E-state index is 12.4. The summed E-state index contributed by atoms with van der Waals surface area (Å²) in [6.45, 7) is 4.47. The van der Waals surface area contributed by atoms with Crippen molar-refractivity contribution in [1.29, 1.82) is 0 Å². The number of likely N-dealkylation sites (N-methyl/N-ethyl adjacent to an activating group) is 1. The summed E-state index contributed by atoms with van der Waals surface area (Å²) in [6.07, 6.45) is 2.30. The van der Waals surface area contributed by atoms with Gasteiger partial charge in [0.1, 0.15) is 6.04 Å². The molecule has 0 bridgehead atoms. The van der Waals surface area contributed by atoms with Crippen LogP contribution in [0, 0.1) is 0 Å². The van der Waals surface area contributed by atoms with Gasteiger partial charge in [0, 0.05) is 13.1 Å². The third-order valence-corrected chi connectivity index (χ3v) is 4.75. The van der Waals surface area contributed by atoms with Gasteiger partial charge in [-0.25, -0.2) is 4.79 Å². The monoisotopic (exact) mass is 400 g/mol. The topological polar surface area (TPSA) is 75.7 Å². The van der Waals surface area contributed by atoms with E-state index in [1.54, 1.807) is 40.9 Å². The maximum Gasteiger partial charge on any atom is 0.329 e. The van der Waals surface area contributed by atoms with Crippen molar-refractivity contribution in [2.75, 3.05) is 31.7 Å². The average Bonchev–Trinajstić information content (AvgIpc) is 2.64. The summed E-state index contributed by atoms with van der Waals surface area (Å²) in [5.41, 5.74) is 0.287. The summed E-state index contributed by atoms with van der Waals surface area (Å²) >= 11 is 7.57. The van der Waals surface area contributed by atoms with Gasteiger partial charge in [0.2, 0.25) is 0 Å². The molecule has 1 N–H and O–H groups in total. The highest BCUT2D eigenvalue weighted by molar-refractivity contribution is 7.98. The second-order valence-corrected chi connectivity index (χ2v) is 6.85. The number of amides is 2. The van der Waals surface area contributed by atoms with Gasteiger partial charge < -0.3 is 15.0 Å². The van der Waals surface area contributed by atoms with Gasteiger partial charge in [0.15, 0.2) is 6.61 Å². The van der Waals surface area contributed by atoms with E-state index in [4.69, 9.17) is 16.3 Å². The molecule has 0 heterocycles. The van der Waals surface area contributed by atoms with Crippen LogP contribution in [0.1, 0.15) is 30.6 Å². The minimum atomic E-state index is -0.837. The fourth-order valence-electron chi connectivity index (χ4n) is 2.27. The van der Waals surface area contributed by atoms with E-state index >= 15 is 0 Å². The number of esters is 1. The van der Waals surface area contributed by atoms with E-state index in [9.17, 15) is 14.4 Å². The lowest BCUT2D eigenvalue weighted by Crippen LogP contribution is -2.43. The smallest absolute Gasteiger partial charge is 0.329 e. The highest BCUT2D eigenvalue weighted by Gasteiger charge is 2.24. The number of nitrogens with zero attached hydrogens (tertiary/aromatic N) is 1. The molecular formula is C18H25ClN2O4S. The largest absolute Gasteiger partial charge is 0.454 e. The number of halogens is 1. The second kappa shape index (κ2) is 11.8. The van der Waals surface area contributed by atoms with Crippen LogP contribution in [0.25, 0.3) is 0 Å². The zero-order chi connectivity index (χ0) is 19.5. The fraction of sp³-hybridized carbons (Fsp3) is 0.500. The van der Waals surface area contributed by atoms with Crippen molar-refractivity contribution >= 4 is 41.1 Å². The minimum Gasteiger partial charge on any atom is -0.454 e. The van der Waals surface area contributed by atoms with E-state index in [1.807, 2.05) is 20.1 Å². The number of hydrogen-bond acceptors (Lipinski definition) is 5. The number of rotatable bonds is 10. The molecule has 2 amide bonds. The quantitative estimate of drug-likeness (QED) is 0.611. The zero-order valence-corrected chi connectivity index (χ0v) is 16.9. The lowest BCUT2D eigenvalue weighted by molar-refractivity contribution is -0.153. The molecule has 0 aromatic heterocycles. The molecule has 6 nitrogen and oxygen atoms in total. The van der Waals surface area contributed by atoms with Crippen molar-refractivity contribution < 1.29 is 19.1 Å². The number of nitrogens with one attached hydrogen (secondary N) is 1. The van der Waals surface area contributed by atoms with Crippen LogP contribution in [0.15, 0.2) is 24.3 Å². The molecule has 26 heavy (non-hydrogen) atoms. The molecular weight excluding hydrogens is 376 g/mol. The molecule has 0 aliphatic heterocycles. The molecule has 0 aliphatic rings. The Hall–Kier alpha value is -1.73. The molecule has 1 aromatic carbocycles. The Morgan fingerprint density at radius 2 is 1.88 bits per heavy atom. The third kappa shape index (κ3) is 6.88. The van der Waals surface area contributed by atoms with Crippen LogP contribution in [0.2, 0.25) is 5.02 Å². The number of ether oxygens (including phenoxy) is 1. The van der Waals surface area contributed by atoms with E-state index in [0.717, 1.165) is 0 Å². The first-order valence-electron chi connectivity index (χ1n) is 8.43. The molecule has 144 valence electrons. The Morgan fingerprint density at radius 3 is 2.46 bits per heavy atom. The first kappa shape index (κ1) is 22.3. The van der Waals surface area contributed by atoms with Crippen LogP contribution in [-0.4, -0.2) is 60.4 Å². The van der Waals surface area contributed by atoms with E-state index in [1.165, 1.54) is 0 Å². The number of benzene rings is 1. The highest BCUT2D eigenvalue weighted by atomic mass is 35.5. The van der Waals surface area contributed by atoms with E-state index in [-0.39, 0.29) is 18.1 Å². The Balaban J connectivity index is 2.73. The van der Waals surface area contributed by atoms with Gasteiger partial charge in [-0.3, -0.25) is 9.59 Å². The first-order chi connectivity index (χ1) is 12.4. The average molecular weight is 401 g/mol. The van der Waals surface area contributed by atoms with Crippen molar-refractivity contribution in [3.05, 3.63) is 34.9 Å². The van der Waals surface area contributed by atoms with Crippen molar-refractivity contribution in [3.63, 3.8) is 0 Å². The summed E-state index contributed by atoms with van der Waals surface area (Å²) in [5.74, 6) is -0.676. The lowest BCUT2D eigenvalue weighted by Gasteiger charge is -2.20. The second-order valence-electron chi connectivity index (χ2n) is 5.46. The maximum absolute atomic E-state index is 12.4. The zero-order valence-electron chi connectivity index (χ0n) is 15.3. The molecule has 0 aliphatic carbocycles. The molecule has 0 saturated carbocycles. The molecule has 0 saturated heterocycles. The molecule has 1 aromatic rings. The Labute approximate surface area is 163 Å². The molecule has 8 heteroatoms. The number of hydrogen-bond donors (Lipinski definition) is 1. The van der Waals surface area contributed by atoms with Crippen molar-refractivity contribution in [2.45, 2.75) is 26.3 Å². The van der Waals surface area contributed by atoms with E-state index in [2.05, 4.69) is 5.32 Å². The molecule has 1 unspecified atom stereocenters. The molecule has 0 spiro atoms. The van der Waals surface area contributed by atoms with Gasteiger partial charge in [-0.1, -0.05) is 23.7 Å². The molecule has 1 rings (SSSR count). The molecule has 0 fully saturated rings. The van der Waals surface area contributed by atoms with Crippen molar-refractivity contribution in [2.24, 2.45) is 0 Å². The normalized spacial score (nSPS) is 11.5. The van der Waals surface area contributed by atoms with Crippen LogP contribution in [0.3, 0.4) is 0 Å². The van der Waals surface area contributed by atoms with Crippen molar-refractivity contribution in [1.82, 2.24) is 10.2 Å². The number of thioether (sulfide) groups is 1. The van der Waals surface area contributed by atoms with Crippen LogP contribution in [0.4, 0.5) is 0 Å². The van der Waals surface area contributed by atoms with E-state index in [0.29, 0.717) is 30.3 Å². The fourth-order valence-corrected chi connectivity index (χ4v) is 2.96. The van der Waals surface area contributed by atoms with Gasteiger partial charge in [-0.2, -0.15) is 11.8 Å².